The lowest BCUT2D eigenvalue weighted by Gasteiger charge is -2.27. The van der Waals surface area contributed by atoms with Crippen LogP contribution in [-0.4, -0.2) is 39.4 Å². The molecule has 3 rings (SSSR count). The quantitative estimate of drug-likeness (QED) is 0.765. The number of hydrogen-bond acceptors (Lipinski definition) is 5. The number of pyridine rings is 1. The summed E-state index contributed by atoms with van der Waals surface area (Å²) in [5.41, 5.74) is 0.851. The second kappa shape index (κ2) is 4.16. The number of aromatic nitrogens is 3. The number of rotatable bonds is 2. The van der Waals surface area contributed by atoms with Gasteiger partial charge in [0.1, 0.15) is 18.4 Å². The summed E-state index contributed by atoms with van der Waals surface area (Å²) in [5, 5.41) is 9.82. The average Bonchev–Trinajstić information content (AvgIpc) is 2.86. The molecule has 2 aromatic rings. The molecule has 1 N–H and O–H groups in total. The summed E-state index contributed by atoms with van der Waals surface area (Å²) in [4.78, 5) is 35.3. The smallest absolute Gasteiger partial charge is 0.298 e. The number of fused-ring (bicyclic) bond motifs is 1. The molecule has 19 heavy (non-hydrogen) atoms. The molecule has 0 atom stereocenters. The number of hydrogen-bond donors (Lipinski definition) is 1. The van der Waals surface area contributed by atoms with Gasteiger partial charge in [0.25, 0.3) is 0 Å². The Bertz CT molecular complexity index is 693. The molecule has 0 aliphatic carbocycles. The van der Waals surface area contributed by atoms with Gasteiger partial charge in [-0.05, 0) is 12.1 Å². The molecule has 1 aliphatic rings. The highest BCUT2D eigenvalue weighted by Gasteiger charge is 2.26. The van der Waals surface area contributed by atoms with E-state index >= 15 is 0 Å². The summed E-state index contributed by atoms with van der Waals surface area (Å²) in [5.74, 6) is 0.141. The van der Waals surface area contributed by atoms with Gasteiger partial charge in [0.05, 0.1) is 0 Å². The van der Waals surface area contributed by atoms with Crippen LogP contribution in [-0.2, 0) is 4.79 Å². The first-order valence-electron chi connectivity index (χ1n) is 5.59. The van der Waals surface area contributed by atoms with E-state index in [0.717, 1.165) is 0 Å². The van der Waals surface area contributed by atoms with Crippen LogP contribution in [0.4, 0.5) is 10.6 Å². The van der Waals surface area contributed by atoms with Gasteiger partial charge in [-0.3, -0.25) is 24.2 Å². The van der Waals surface area contributed by atoms with Gasteiger partial charge in [-0.1, -0.05) is 0 Å². The highest BCUT2D eigenvalue weighted by molar-refractivity contribution is 6.05. The number of nitrogens with one attached hydrogen (secondary N) is 1. The normalized spacial score (nSPS) is 15.7. The Hall–Kier alpha value is -2.77. The lowest BCUT2D eigenvalue weighted by molar-refractivity contribution is -0.120. The first-order valence-corrected chi connectivity index (χ1v) is 5.59. The van der Waals surface area contributed by atoms with Crippen molar-refractivity contribution >= 4 is 29.7 Å². The lowest BCUT2D eigenvalue weighted by atomic mass is 10.2. The number of amides is 3. The summed E-state index contributed by atoms with van der Waals surface area (Å²) < 4.78 is 1.59. The van der Waals surface area contributed by atoms with Gasteiger partial charge in [-0.25, -0.2) is 4.79 Å². The first kappa shape index (κ1) is 11.3. The molecule has 1 fully saturated rings. The zero-order valence-corrected chi connectivity index (χ0v) is 9.74. The van der Waals surface area contributed by atoms with Gasteiger partial charge in [0, 0.05) is 18.5 Å². The van der Waals surface area contributed by atoms with E-state index in [0.29, 0.717) is 23.3 Å². The third-order valence-corrected chi connectivity index (χ3v) is 2.88. The third kappa shape index (κ3) is 1.82. The number of anilines is 1. The molecule has 0 saturated carbocycles. The molecule has 96 valence electrons. The molecule has 1 saturated heterocycles. The van der Waals surface area contributed by atoms with Gasteiger partial charge < -0.3 is 0 Å². The molecular formula is C11H9N5O3. The summed E-state index contributed by atoms with van der Waals surface area (Å²) in [6, 6.07) is 2.60. The van der Waals surface area contributed by atoms with Gasteiger partial charge in [-0.2, -0.15) is 0 Å². The molecule has 8 heteroatoms. The van der Waals surface area contributed by atoms with Gasteiger partial charge in [0.15, 0.2) is 5.65 Å². The first-order chi connectivity index (χ1) is 9.19. The van der Waals surface area contributed by atoms with Crippen LogP contribution in [0, 0.1) is 0 Å². The van der Waals surface area contributed by atoms with Crippen LogP contribution in [0.25, 0.3) is 5.65 Å². The van der Waals surface area contributed by atoms with Crippen molar-refractivity contribution in [2.75, 3.05) is 11.4 Å². The molecule has 2 aromatic heterocycles. The average molecular weight is 259 g/mol. The van der Waals surface area contributed by atoms with E-state index in [2.05, 4.69) is 15.5 Å². The van der Waals surface area contributed by atoms with E-state index < -0.39 is 6.03 Å². The molecular weight excluding hydrogens is 250 g/mol. The molecule has 0 aromatic carbocycles. The molecule has 0 spiro atoms. The maximum absolute atomic E-state index is 11.8. The zero-order chi connectivity index (χ0) is 13.4. The Morgan fingerprint density at radius 3 is 2.89 bits per heavy atom. The lowest BCUT2D eigenvalue weighted by Crippen LogP contribution is -2.50. The van der Waals surface area contributed by atoms with Crippen LogP contribution in [0.15, 0.2) is 18.5 Å². The van der Waals surface area contributed by atoms with E-state index in [1.54, 1.807) is 16.5 Å². The maximum Gasteiger partial charge on any atom is 0.329 e. The Kier molecular flexibility index (Phi) is 2.48. The second-order valence-corrected chi connectivity index (χ2v) is 4.08. The Labute approximate surface area is 107 Å². The van der Waals surface area contributed by atoms with E-state index in [-0.39, 0.29) is 18.9 Å². The molecule has 3 amide bonds. The third-order valence-electron chi connectivity index (χ3n) is 2.88. The van der Waals surface area contributed by atoms with Crippen LogP contribution in [0.2, 0.25) is 0 Å². The minimum atomic E-state index is -0.519. The fourth-order valence-corrected chi connectivity index (χ4v) is 1.99. The van der Waals surface area contributed by atoms with Crippen LogP contribution in [0.5, 0.6) is 0 Å². The molecule has 0 unspecified atom stereocenters. The fraction of sp³-hybridized carbons (Fsp3) is 0.182. The maximum atomic E-state index is 11.8. The van der Waals surface area contributed by atoms with Gasteiger partial charge in [0.2, 0.25) is 5.91 Å². The van der Waals surface area contributed by atoms with Crippen molar-refractivity contribution in [3.8, 4) is 0 Å². The highest BCUT2D eigenvalue weighted by atomic mass is 16.2. The van der Waals surface area contributed by atoms with E-state index in [1.807, 2.05) is 0 Å². The topological polar surface area (TPSA) is 96.7 Å². The van der Waals surface area contributed by atoms with Crippen LogP contribution >= 0.6 is 0 Å². The number of aldehydes is 1. The summed E-state index contributed by atoms with van der Waals surface area (Å²) in [6.45, 7) is 0.250. The number of urea groups is 1. The zero-order valence-electron chi connectivity index (χ0n) is 9.74. The number of nitrogens with zero attached hydrogens (tertiary/aromatic N) is 4. The van der Waals surface area contributed by atoms with E-state index in [4.69, 9.17) is 0 Å². The van der Waals surface area contributed by atoms with E-state index in [9.17, 15) is 14.4 Å². The Balaban J connectivity index is 2.13. The van der Waals surface area contributed by atoms with Crippen molar-refractivity contribution in [1.82, 2.24) is 19.9 Å². The van der Waals surface area contributed by atoms with Crippen molar-refractivity contribution in [2.24, 2.45) is 0 Å². The highest BCUT2D eigenvalue weighted by Crippen LogP contribution is 2.20. The van der Waals surface area contributed by atoms with Crippen LogP contribution in [0.1, 0.15) is 16.8 Å². The predicted octanol–water partition coefficient (Wildman–Crippen LogP) is -0.0119. The minimum Gasteiger partial charge on any atom is -0.298 e. The summed E-state index contributed by atoms with van der Waals surface area (Å²) in [6.07, 6.45) is 2.33. The van der Waals surface area contributed by atoms with Crippen molar-refractivity contribution in [3.05, 3.63) is 24.0 Å². The standard InChI is InChI=1S/C11H9N5O3/c17-5-7-3-8-14-12-6-16(8)10(4-7)15-2-1-9(18)13-11(15)19/h3-6H,1-2H2,(H,13,18,19). The summed E-state index contributed by atoms with van der Waals surface area (Å²) >= 11 is 0. The second-order valence-electron chi connectivity index (χ2n) is 4.08. The van der Waals surface area contributed by atoms with Crippen molar-refractivity contribution < 1.29 is 14.4 Å². The Morgan fingerprint density at radius 2 is 2.16 bits per heavy atom. The number of carbonyl (C=O) groups is 3. The fourth-order valence-electron chi connectivity index (χ4n) is 1.99. The summed E-state index contributed by atoms with van der Waals surface area (Å²) in [7, 11) is 0. The van der Waals surface area contributed by atoms with Crippen molar-refractivity contribution in [1.29, 1.82) is 0 Å². The Morgan fingerprint density at radius 1 is 1.32 bits per heavy atom. The molecule has 3 heterocycles. The van der Waals surface area contributed by atoms with Crippen LogP contribution in [0.3, 0.4) is 0 Å². The van der Waals surface area contributed by atoms with Gasteiger partial charge >= 0.3 is 6.03 Å². The van der Waals surface area contributed by atoms with Crippen molar-refractivity contribution in [2.45, 2.75) is 6.42 Å². The molecule has 8 nitrogen and oxygen atoms in total. The molecule has 0 radical (unpaired) electrons. The van der Waals surface area contributed by atoms with E-state index in [1.165, 1.54) is 11.2 Å². The largest absolute Gasteiger partial charge is 0.329 e. The minimum absolute atomic E-state index is 0.209. The predicted molar refractivity (Wildman–Crippen MR) is 63.9 cm³/mol. The van der Waals surface area contributed by atoms with Gasteiger partial charge in [-0.15, -0.1) is 10.2 Å². The number of imide groups is 1. The monoisotopic (exact) mass is 259 g/mol. The van der Waals surface area contributed by atoms with Crippen LogP contribution < -0.4 is 10.2 Å². The molecule has 0 bridgehead atoms. The molecule has 1 aliphatic heterocycles. The number of carbonyl (C=O) groups excluding carboxylic acids is 3. The van der Waals surface area contributed by atoms with Crippen molar-refractivity contribution in [3.63, 3.8) is 0 Å². The SMILES string of the molecule is O=Cc1cc(N2CCC(=O)NC2=O)n2cnnc2c1.